The van der Waals surface area contributed by atoms with Crippen molar-refractivity contribution >= 4 is 17.4 Å². The Bertz CT molecular complexity index is 1460. The number of ether oxygens (including phenoxy) is 3. The number of imidazole rings is 1. The van der Waals surface area contributed by atoms with Gasteiger partial charge < -0.3 is 28.8 Å². The maximum Gasteiger partial charge on any atom is 0.295 e. The summed E-state index contributed by atoms with van der Waals surface area (Å²) in [5, 5.41) is 11.6. The lowest BCUT2D eigenvalue weighted by molar-refractivity contribution is -0.139. The highest BCUT2D eigenvalue weighted by atomic mass is 16.5. The second kappa shape index (κ2) is 12.7. The number of hydrogen-bond donors (Lipinski definition) is 1. The number of likely N-dealkylation sites (tertiary alicyclic amines) is 1. The molecule has 2 aliphatic heterocycles. The first-order valence-electron chi connectivity index (χ1n) is 14.7. The van der Waals surface area contributed by atoms with Gasteiger partial charge in [-0.05, 0) is 74.1 Å². The van der Waals surface area contributed by atoms with Crippen LogP contribution in [-0.2, 0) is 22.6 Å². The van der Waals surface area contributed by atoms with Crippen molar-refractivity contribution in [2.75, 3.05) is 19.8 Å². The molecule has 9 heteroatoms. The summed E-state index contributed by atoms with van der Waals surface area (Å²) in [6.07, 6.45) is 7.52. The Kier molecular flexibility index (Phi) is 8.85. The molecule has 2 aromatic carbocycles. The Hall–Kier alpha value is -4.27. The molecule has 42 heavy (non-hydrogen) atoms. The Labute approximate surface area is 246 Å². The third-order valence-corrected chi connectivity index (χ3v) is 7.62. The van der Waals surface area contributed by atoms with Crippen molar-refractivity contribution in [2.45, 2.75) is 65.6 Å². The van der Waals surface area contributed by atoms with E-state index in [2.05, 4.69) is 18.8 Å². The van der Waals surface area contributed by atoms with E-state index in [1.54, 1.807) is 29.6 Å². The summed E-state index contributed by atoms with van der Waals surface area (Å²) in [5.74, 6) is 0.854. The van der Waals surface area contributed by atoms with Crippen LogP contribution in [0.25, 0.3) is 5.76 Å². The zero-order valence-corrected chi connectivity index (χ0v) is 24.7. The van der Waals surface area contributed by atoms with E-state index in [1.165, 1.54) is 0 Å². The van der Waals surface area contributed by atoms with Gasteiger partial charge in [0.2, 0.25) is 0 Å². The summed E-state index contributed by atoms with van der Waals surface area (Å²) in [7, 11) is 0. The second-order valence-corrected chi connectivity index (χ2v) is 11.3. The van der Waals surface area contributed by atoms with Crippen LogP contribution in [0, 0.1) is 5.92 Å². The number of aliphatic hydroxyl groups excluding tert-OH is 1. The Morgan fingerprint density at radius 3 is 2.69 bits per heavy atom. The molecule has 1 N–H and O–H groups in total. The van der Waals surface area contributed by atoms with Crippen LogP contribution in [0.1, 0.15) is 63.3 Å². The maximum atomic E-state index is 13.6. The van der Waals surface area contributed by atoms with E-state index in [0.717, 1.165) is 17.7 Å². The summed E-state index contributed by atoms with van der Waals surface area (Å²) in [4.78, 5) is 32.7. The zero-order valence-electron chi connectivity index (χ0n) is 24.7. The van der Waals surface area contributed by atoms with Gasteiger partial charge in [-0.15, -0.1) is 0 Å². The van der Waals surface area contributed by atoms with Crippen LogP contribution in [-0.4, -0.2) is 57.1 Å². The van der Waals surface area contributed by atoms with Crippen molar-refractivity contribution in [1.29, 1.82) is 0 Å². The van der Waals surface area contributed by atoms with Crippen molar-refractivity contribution in [2.24, 2.45) is 5.92 Å². The molecule has 1 aromatic heterocycles. The van der Waals surface area contributed by atoms with Gasteiger partial charge in [0, 0.05) is 37.5 Å². The lowest BCUT2D eigenvalue weighted by atomic mass is 9.94. The molecule has 3 aromatic rings. The fourth-order valence-electron chi connectivity index (χ4n) is 5.51. The number of amides is 1. The summed E-state index contributed by atoms with van der Waals surface area (Å²) < 4.78 is 19.7. The third kappa shape index (κ3) is 6.15. The molecular weight excluding hydrogens is 534 g/mol. The van der Waals surface area contributed by atoms with Crippen molar-refractivity contribution in [1.82, 2.24) is 14.5 Å². The number of carbonyl (C=O) groups excluding carboxylic acids is 2. The average Bonchev–Trinajstić information content (AvgIpc) is 3.67. The lowest BCUT2D eigenvalue weighted by Gasteiger charge is -2.26. The van der Waals surface area contributed by atoms with Crippen LogP contribution in [0.15, 0.2) is 60.7 Å². The monoisotopic (exact) mass is 573 g/mol. The van der Waals surface area contributed by atoms with E-state index in [1.807, 2.05) is 48.9 Å². The first-order valence-corrected chi connectivity index (χ1v) is 14.7. The highest BCUT2D eigenvalue weighted by Crippen LogP contribution is 2.43. The molecule has 0 spiro atoms. The molecule has 1 fully saturated rings. The van der Waals surface area contributed by atoms with Gasteiger partial charge in [-0.2, -0.15) is 0 Å². The molecule has 0 saturated carbocycles. The normalized spacial score (nSPS) is 19.3. The molecule has 9 nitrogen and oxygen atoms in total. The van der Waals surface area contributed by atoms with Crippen LogP contribution in [0.4, 0.5) is 0 Å². The first-order chi connectivity index (χ1) is 20.3. The minimum atomic E-state index is -0.792. The van der Waals surface area contributed by atoms with E-state index in [0.29, 0.717) is 67.7 Å². The number of rotatable bonds is 12. The Morgan fingerprint density at radius 2 is 1.95 bits per heavy atom. The number of aliphatic hydroxyl groups is 1. The number of hydrogen-bond acceptors (Lipinski definition) is 7. The second-order valence-electron chi connectivity index (χ2n) is 11.3. The molecular formula is C33H39N3O6. The molecule has 1 amide bonds. The summed E-state index contributed by atoms with van der Waals surface area (Å²) >= 11 is 0. The van der Waals surface area contributed by atoms with E-state index < -0.39 is 17.7 Å². The summed E-state index contributed by atoms with van der Waals surface area (Å²) in [5.41, 5.74) is 2.16. The highest BCUT2D eigenvalue weighted by Gasteiger charge is 2.46. The number of nitrogens with zero attached hydrogens (tertiary/aromatic N) is 3. The quantitative estimate of drug-likeness (QED) is 0.172. The fraction of sp³-hybridized carbons (Fsp3) is 0.424. The van der Waals surface area contributed by atoms with E-state index >= 15 is 0 Å². The molecule has 0 unspecified atom stereocenters. The topological polar surface area (TPSA) is 103 Å². The van der Waals surface area contributed by atoms with Crippen LogP contribution in [0.2, 0.25) is 0 Å². The Morgan fingerprint density at radius 1 is 1.12 bits per heavy atom. The van der Waals surface area contributed by atoms with Gasteiger partial charge in [0.25, 0.3) is 11.7 Å². The number of aromatic nitrogens is 2. The van der Waals surface area contributed by atoms with Gasteiger partial charge in [0.1, 0.15) is 17.6 Å². The lowest BCUT2D eigenvalue weighted by Crippen LogP contribution is -2.31. The number of ketones is 1. The van der Waals surface area contributed by atoms with Gasteiger partial charge in [-0.3, -0.25) is 9.59 Å². The van der Waals surface area contributed by atoms with E-state index in [-0.39, 0.29) is 17.4 Å². The molecule has 2 atom stereocenters. The molecule has 0 bridgehead atoms. The number of benzene rings is 2. The molecule has 5 rings (SSSR count). The van der Waals surface area contributed by atoms with Gasteiger partial charge >= 0.3 is 0 Å². The molecule has 1 saturated heterocycles. The number of fused-ring (bicyclic) bond motifs is 1. The smallest absolute Gasteiger partial charge is 0.295 e. The van der Waals surface area contributed by atoms with Crippen molar-refractivity contribution in [3.8, 4) is 17.2 Å². The van der Waals surface area contributed by atoms with Crippen LogP contribution in [0.3, 0.4) is 0 Å². The summed E-state index contributed by atoms with van der Waals surface area (Å²) in [6.45, 7) is 10.1. The number of Topliss-reactive ketones (excluding diaryl/α,β-unsaturated/α-hetero) is 1. The summed E-state index contributed by atoms with van der Waals surface area (Å²) in [6, 6.07) is 10.1. The van der Waals surface area contributed by atoms with Crippen molar-refractivity contribution in [3.63, 3.8) is 0 Å². The largest absolute Gasteiger partial charge is 0.507 e. The van der Waals surface area contributed by atoms with Gasteiger partial charge in [0.05, 0.1) is 31.2 Å². The molecule has 2 aliphatic rings. The van der Waals surface area contributed by atoms with Crippen LogP contribution >= 0.6 is 0 Å². The minimum absolute atomic E-state index is 0.0386. The standard InChI is InChI=1S/C33H39N3O6/c1-5-40-28-19-23(7-10-27(28)41-16-11-21(2)3)30-29(31(37)24-8-9-26-25(18-24)17-22(4)42-26)32(38)33(39)36(30)14-6-13-35-15-12-34-20-35/h7-10,12,15,18-22,30,37H,5-6,11,13-14,16-17H2,1-4H3/b31-29+/t22-,30-/m0/s1. The van der Waals surface area contributed by atoms with Crippen molar-refractivity contribution < 1.29 is 28.9 Å². The van der Waals surface area contributed by atoms with Gasteiger partial charge in [-0.25, -0.2) is 4.98 Å². The predicted octanol–water partition coefficient (Wildman–Crippen LogP) is 5.54. The number of carbonyl (C=O) groups is 2. The number of aryl methyl sites for hydroxylation is 1. The molecule has 3 heterocycles. The predicted molar refractivity (Wildman–Crippen MR) is 159 cm³/mol. The van der Waals surface area contributed by atoms with Crippen LogP contribution in [0.5, 0.6) is 17.2 Å². The molecule has 222 valence electrons. The first kappa shape index (κ1) is 29.2. The molecule has 0 aliphatic carbocycles. The zero-order chi connectivity index (χ0) is 29.8. The van der Waals surface area contributed by atoms with E-state index in [9.17, 15) is 14.7 Å². The van der Waals surface area contributed by atoms with E-state index in [4.69, 9.17) is 14.2 Å². The fourth-order valence-corrected chi connectivity index (χ4v) is 5.51. The third-order valence-electron chi connectivity index (χ3n) is 7.62. The van der Waals surface area contributed by atoms with Crippen LogP contribution < -0.4 is 14.2 Å². The Balaban J connectivity index is 1.53. The maximum absolute atomic E-state index is 13.6. The van der Waals surface area contributed by atoms with Gasteiger partial charge in [0.15, 0.2) is 11.5 Å². The minimum Gasteiger partial charge on any atom is -0.507 e. The highest BCUT2D eigenvalue weighted by molar-refractivity contribution is 6.46. The van der Waals surface area contributed by atoms with Crippen molar-refractivity contribution in [3.05, 3.63) is 77.4 Å². The molecule has 0 radical (unpaired) electrons. The average molecular weight is 574 g/mol. The SMILES string of the molecule is CCOc1cc([C@H]2/C(=C(\O)c3ccc4c(c3)C[C@H](C)O4)C(=O)C(=O)N2CCCn2ccnc2)ccc1OCCC(C)C. The van der Waals surface area contributed by atoms with Gasteiger partial charge in [-0.1, -0.05) is 19.9 Å².